The van der Waals surface area contributed by atoms with Gasteiger partial charge in [0.05, 0.1) is 25.5 Å². The van der Waals surface area contributed by atoms with E-state index in [-0.39, 0.29) is 11.8 Å². The zero-order chi connectivity index (χ0) is 14.5. The van der Waals surface area contributed by atoms with E-state index in [2.05, 4.69) is 20.2 Å². The lowest BCUT2D eigenvalue weighted by Crippen LogP contribution is -2.37. The van der Waals surface area contributed by atoms with Crippen molar-refractivity contribution >= 4 is 11.9 Å². The van der Waals surface area contributed by atoms with E-state index in [4.69, 9.17) is 4.74 Å². The second kappa shape index (κ2) is 6.65. The summed E-state index contributed by atoms with van der Waals surface area (Å²) < 4.78 is 5.33. The second-order valence-electron chi connectivity index (χ2n) is 5.27. The molecule has 1 fully saturated rings. The Morgan fingerprint density at radius 1 is 1.40 bits per heavy atom. The molecule has 6 nitrogen and oxygen atoms in total. The summed E-state index contributed by atoms with van der Waals surface area (Å²) in [6.45, 7) is 9.16. The number of aromatic nitrogens is 2. The summed E-state index contributed by atoms with van der Waals surface area (Å²) in [5.74, 6) is 0.743. The van der Waals surface area contributed by atoms with Crippen molar-refractivity contribution in [2.45, 2.75) is 27.3 Å². The first-order valence-electron chi connectivity index (χ1n) is 7.01. The summed E-state index contributed by atoms with van der Waals surface area (Å²) in [5.41, 5.74) is 1.75. The maximum Gasteiger partial charge on any atom is 0.225 e. The smallest absolute Gasteiger partial charge is 0.225 e. The van der Waals surface area contributed by atoms with Crippen LogP contribution in [0.5, 0.6) is 0 Å². The third-order valence-electron chi connectivity index (χ3n) is 3.16. The maximum atomic E-state index is 11.6. The Bertz CT molecular complexity index is 470. The minimum Gasteiger partial charge on any atom is -0.378 e. The molecule has 6 heteroatoms. The number of amides is 1. The largest absolute Gasteiger partial charge is 0.378 e. The number of carbonyl (C=O) groups is 1. The lowest BCUT2D eigenvalue weighted by molar-refractivity contribution is -0.124. The third-order valence-corrected chi connectivity index (χ3v) is 3.16. The van der Waals surface area contributed by atoms with Crippen LogP contribution in [0.2, 0.25) is 0 Å². The van der Waals surface area contributed by atoms with Gasteiger partial charge in [-0.3, -0.25) is 4.79 Å². The number of morpholine rings is 1. The van der Waals surface area contributed by atoms with Crippen LogP contribution >= 0.6 is 0 Å². The number of hydrogen-bond donors (Lipinski definition) is 1. The highest BCUT2D eigenvalue weighted by atomic mass is 16.5. The Kier molecular flexibility index (Phi) is 4.89. The van der Waals surface area contributed by atoms with E-state index in [1.807, 2.05) is 26.8 Å². The second-order valence-corrected chi connectivity index (χ2v) is 5.27. The van der Waals surface area contributed by atoms with Crippen LogP contribution in [0.3, 0.4) is 0 Å². The molecule has 2 heterocycles. The van der Waals surface area contributed by atoms with Crippen molar-refractivity contribution in [3.63, 3.8) is 0 Å². The van der Waals surface area contributed by atoms with E-state index < -0.39 is 0 Å². The maximum absolute atomic E-state index is 11.6. The first-order chi connectivity index (χ1) is 9.56. The van der Waals surface area contributed by atoms with Crippen molar-refractivity contribution in [2.24, 2.45) is 5.92 Å². The summed E-state index contributed by atoms with van der Waals surface area (Å²) in [4.78, 5) is 22.7. The first kappa shape index (κ1) is 14.7. The van der Waals surface area contributed by atoms with Crippen molar-refractivity contribution < 1.29 is 9.53 Å². The van der Waals surface area contributed by atoms with Crippen molar-refractivity contribution in [3.05, 3.63) is 17.5 Å². The van der Waals surface area contributed by atoms with Gasteiger partial charge in [0, 0.05) is 24.7 Å². The van der Waals surface area contributed by atoms with Gasteiger partial charge < -0.3 is 15.0 Å². The van der Waals surface area contributed by atoms with E-state index in [0.717, 1.165) is 30.4 Å². The molecule has 0 spiro atoms. The Morgan fingerprint density at radius 2 is 2.10 bits per heavy atom. The highest BCUT2D eigenvalue weighted by Gasteiger charge is 2.15. The molecule has 1 aliphatic heterocycles. The third kappa shape index (κ3) is 3.90. The molecule has 0 aromatic carbocycles. The van der Waals surface area contributed by atoms with Crippen LogP contribution < -0.4 is 10.2 Å². The molecule has 0 unspecified atom stereocenters. The number of anilines is 1. The standard InChI is InChI=1S/C14H22N4O2/c1-10(2)13(19)15-9-12-8-11(3)16-14(17-12)18-4-6-20-7-5-18/h8,10H,4-7,9H2,1-3H3,(H,15,19). The van der Waals surface area contributed by atoms with E-state index in [1.54, 1.807) is 0 Å². The Hall–Kier alpha value is -1.69. The summed E-state index contributed by atoms with van der Waals surface area (Å²) in [7, 11) is 0. The molecule has 1 amide bonds. The fourth-order valence-corrected chi connectivity index (χ4v) is 1.99. The lowest BCUT2D eigenvalue weighted by atomic mass is 10.2. The molecule has 1 aromatic rings. The van der Waals surface area contributed by atoms with Crippen LogP contribution in [0.1, 0.15) is 25.2 Å². The summed E-state index contributed by atoms with van der Waals surface area (Å²) in [6, 6.07) is 1.91. The molecule has 0 bridgehead atoms. The van der Waals surface area contributed by atoms with Gasteiger partial charge >= 0.3 is 0 Å². The molecular formula is C14H22N4O2. The van der Waals surface area contributed by atoms with E-state index in [0.29, 0.717) is 19.8 Å². The molecule has 1 aromatic heterocycles. The molecule has 20 heavy (non-hydrogen) atoms. The van der Waals surface area contributed by atoms with E-state index in [1.165, 1.54) is 0 Å². The number of nitrogens with one attached hydrogen (secondary N) is 1. The number of hydrogen-bond acceptors (Lipinski definition) is 5. The van der Waals surface area contributed by atoms with Gasteiger partial charge in [-0.15, -0.1) is 0 Å². The molecule has 2 rings (SSSR count). The normalized spacial score (nSPS) is 15.5. The Morgan fingerprint density at radius 3 is 2.75 bits per heavy atom. The summed E-state index contributed by atoms with van der Waals surface area (Å²) in [5, 5.41) is 2.88. The van der Waals surface area contributed by atoms with Gasteiger partial charge in [0.1, 0.15) is 0 Å². The van der Waals surface area contributed by atoms with E-state index in [9.17, 15) is 4.79 Å². The topological polar surface area (TPSA) is 67.4 Å². The minimum atomic E-state index is -0.0170. The first-order valence-corrected chi connectivity index (χ1v) is 7.01. The summed E-state index contributed by atoms with van der Waals surface area (Å²) >= 11 is 0. The number of aryl methyl sites for hydroxylation is 1. The molecule has 1 N–H and O–H groups in total. The van der Waals surface area contributed by atoms with Crippen LogP contribution in [0.15, 0.2) is 6.07 Å². The zero-order valence-corrected chi connectivity index (χ0v) is 12.3. The molecule has 0 radical (unpaired) electrons. The number of carbonyl (C=O) groups excluding carboxylic acids is 1. The summed E-state index contributed by atoms with van der Waals surface area (Å²) in [6.07, 6.45) is 0. The van der Waals surface area contributed by atoms with Crippen molar-refractivity contribution in [2.75, 3.05) is 31.2 Å². The lowest BCUT2D eigenvalue weighted by Gasteiger charge is -2.27. The van der Waals surface area contributed by atoms with Crippen molar-refractivity contribution in [1.82, 2.24) is 15.3 Å². The van der Waals surface area contributed by atoms with Gasteiger partial charge in [0.15, 0.2) is 0 Å². The molecule has 0 saturated carbocycles. The van der Waals surface area contributed by atoms with Gasteiger partial charge in [-0.2, -0.15) is 0 Å². The van der Waals surface area contributed by atoms with Crippen LogP contribution in [0.25, 0.3) is 0 Å². The Balaban J connectivity index is 2.06. The van der Waals surface area contributed by atoms with Crippen molar-refractivity contribution in [1.29, 1.82) is 0 Å². The van der Waals surface area contributed by atoms with E-state index >= 15 is 0 Å². The molecule has 0 aliphatic carbocycles. The van der Waals surface area contributed by atoms with Crippen LogP contribution in [0, 0.1) is 12.8 Å². The molecule has 1 saturated heterocycles. The number of nitrogens with zero attached hydrogens (tertiary/aromatic N) is 3. The zero-order valence-electron chi connectivity index (χ0n) is 12.3. The van der Waals surface area contributed by atoms with Gasteiger partial charge in [-0.1, -0.05) is 13.8 Å². The molecular weight excluding hydrogens is 256 g/mol. The predicted molar refractivity (Wildman–Crippen MR) is 76.5 cm³/mol. The highest BCUT2D eigenvalue weighted by molar-refractivity contribution is 5.77. The van der Waals surface area contributed by atoms with Gasteiger partial charge in [0.25, 0.3) is 0 Å². The number of rotatable bonds is 4. The van der Waals surface area contributed by atoms with Crippen molar-refractivity contribution in [3.8, 4) is 0 Å². The average Bonchev–Trinajstić information content (AvgIpc) is 2.45. The highest BCUT2D eigenvalue weighted by Crippen LogP contribution is 2.12. The monoisotopic (exact) mass is 278 g/mol. The molecule has 110 valence electrons. The predicted octanol–water partition coefficient (Wildman–Crippen LogP) is 0.894. The fraction of sp³-hybridized carbons (Fsp3) is 0.643. The van der Waals surface area contributed by atoms with Gasteiger partial charge in [-0.05, 0) is 13.0 Å². The quantitative estimate of drug-likeness (QED) is 0.886. The minimum absolute atomic E-state index is 0.0170. The van der Waals surface area contributed by atoms with Crippen LogP contribution in [-0.2, 0) is 16.1 Å². The average molecular weight is 278 g/mol. The van der Waals surface area contributed by atoms with Crippen LogP contribution in [-0.4, -0.2) is 42.2 Å². The fourth-order valence-electron chi connectivity index (χ4n) is 1.99. The van der Waals surface area contributed by atoms with Crippen LogP contribution in [0.4, 0.5) is 5.95 Å². The van der Waals surface area contributed by atoms with Gasteiger partial charge in [-0.25, -0.2) is 9.97 Å². The van der Waals surface area contributed by atoms with Gasteiger partial charge in [0.2, 0.25) is 11.9 Å². The SMILES string of the molecule is Cc1cc(CNC(=O)C(C)C)nc(N2CCOCC2)n1. The Labute approximate surface area is 119 Å². The number of ether oxygens (including phenoxy) is 1. The molecule has 1 aliphatic rings. The molecule has 0 atom stereocenters.